The van der Waals surface area contributed by atoms with Crippen LogP contribution in [0.15, 0.2) is 4.52 Å². The van der Waals surface area contributed by atoms with Gasteiger partial charge in [-0.15, -0.1) is 0 Å². The van der Waals surface area contributed by atoms with E-state index in [2.05, 4.69) is 10.5 Å². The van der Waals surface area contributed by atoms with Gasteiger partial charge in [-0.05, 0) is 33.1 Å². The molecule has 4 rings (SSSR count). The second kappa shape index (κ2) is 8.64. The molecule has 0 radical (unpaired) electrons. The van der Waals surface area contributed by atoms with Gasteiger partial charge in [-0.3, -0.25) is 9.59 Å². The highest BCUT2D eigenvalue weighted by Crippen LogP contribution is 2.33. The first-order valence-electron chi connectivity index (χ1n) is 10.9. The van der Waals surface area contributed by atoms with Crippen molar-refractivity contribution in [1.82, 2.24) is 24.9 Å². The highest BCUT2D eigenvalue weighted by molar-refractivity contribution is 5.79. The maximum atomic E-state index is 13.3. The number of likely N-dealkylation sites (tertiary alicyclic amines) is 1. The summed E-state index contributed by atoms with van der Waals surface area (Å²) >= 11 is 0. The number of aryl methyl sites for hydroxylation is 2. The predicted octanol–water partition coefficient (Wildman–Crippen LogP) is 2.32. The molecule has 31 heavy (non-hydrogen) atoms. The van der Waals surface area contributed by atoms with Crippen LogP contribution in [0.4, 0.5) is 5.82 Å². The first-order chi connectivity index (χ1) is 14.9. The average Bonchev–Trinajstić information content (AvgIpc) is 3.09. The summed E-state index contributed by atoms with van der Waals surface area (Å²) in [6.45, 7) is 7.15. The molecule has 1 N–H and O–H groups in total. The van der Waals surface area contributed by atoms with Crippen LogP contribution in [0.2, 0.25) is 0 Å². The van der Waals surface area contributed by atoms with Crippen LogP contribution in [-0.4, -0.2) is 56.9 Å². The molecule has 2 aliphatic heterocycles. The van der Waals surface area contributed by atoms with Gasteiger partial charge in [-0.25, -0.2) is 9.97 Å². The number of carbonyl (C=O) groups is 2. The van der Waals surface area contributed by atoms with Gasteiger partial charge in [0.1, 0.15) is 11.6 Å². The van der Waals surface area contributed by atoms with Crippen molar-refractivity contribution in [1.29, 1.82) is 0 Å². The van der Waals surface area contributed by atoms with Gasteiger partial charge in [-0.1, -0.05) is 5.16 Å². The van der Waals surface area contributed by atoms with Gasteiger partial charge in [0.15, 0.2) is 5.82 Å². The molecule has 0 bridgehead atoms. The molecule has 0 aliphatic carbocycles. The third kappa shape index (κ3) is 4.13. The lowest BCUT2D eigenvalue weighted by Crippen LogP contribution is -2.41. The molecule has 1 fully saturated rings. The number of hydrogen-bond donors (Lipinski definition) is 1. The molecular formula is C22H30N6O3. The summed E-state index contributed by atoms with van der Waals surface area (Å²) in [4.78, 5) is 38.5. The zero-order chi connectivity index (χ0) is 22.1. The number of amides is 2. The largest absolute Gasteiger partial charge is 0.373 e. The lowest BCUT2D eigenvalue weighted by molar-refractivity contribution is -0.134. The Bertz CT molecular complexity index is 965. The Morgan fingerprint density at radius 1 is 1.19 bits per heavy atom. The summed E-state index contributed by atoms with van der Waals surface area (Å²) in [7, 11) is 1.83. The smallest absolute Gasteiger partial charge is 0.227 e. The molecule has 0 unspecified atom stereocenters. The first kappa shape index (κ1) is 21.3. The zero-order valence-electron chi connectivity index (χ0n) is 18.7. The molecular weight excluding hydrogens is 396 g/mol. The number of anilines is 1. The normalized spacial score (nSPS) is 18.6. The Morgan fingerprint density at radius 3 is 2.68 bits per heavy atom. The van der Waals surface area contributed by atoms with Crippen molar-refractivity contribution in [3.8, 4) is 0 Å². The zero-order valence-corrected chi connectivity index (χ0v) is 18.7. The van der Waals surface area contributed by atoms with Gasteiger partial charge in [0.2, 0.25) is 11.8 Å². The van der Waals surface area contributed by atoms with E-state index in [4.69, 9.17) is 14.5 Å². The van der Waals surface area contributed by atoms with Crippen molar-refractivity contribution < 1.29 is 14.1 Å². The molecule has 2 amide bonds. The minimum atomic E-state index is -0.148. The van der Waals surface area contributed by atoms with Crippen molar-refractivity contribution in [3.63, 3.8) is 0 Å². The van der Waals surface area contributed by atoms with E-state index >= 15 is 0 Å². The second-order valence-electron chi connectivity index (χ2n) is 8.37. The molecule has 4 heterocycles. The molecule has 166 valence electrons. The molecule has 2 aromatic heterocycles. The van der Waals surface area contributed by atoms with Gasteiger partial charge in [-0.2, -0.15) is 0 Å². The molecule has 0 saturated carbocycles. The number of piperidine rings is 1. The molecule has 0 aromatic carbocycles. The Hall–Kier alpha value is -2.97. The van der Waals surface area contributed by atoms with Gasteiger partial charge in [0.05, 0.1) is 30.4 Å². The van der Waals surface area contributed by atoms with E-state index in [1.807, 2.05) is 30.7 Å². The van der Waals surface area contributed by atoms with Crippen LogP contribution in [0.25, 0.3) is 0 Å². The lowest BCUT2D eigenvalue weighted by atomic mass is 9.98. The molecule has 2 aliphatic rings. The number of rotatable bonds is 4. The molecule has 0 spiro atoms. The maximum Gasteiger partial charge on any atom is 0.227 e. The van der Waals surface area contributed by atoms with E-state index in [0.29, 0.717) is 37.6 Å². The van der Waals surface area contributed by atoms with Crippen molar-refractivity contribution >= 4 is 17.6 Å². The fourth-order valence-corrected chi connectivity index (χ4v) is 4.56. The van der Waals surface area contributed by atoms with Crippen molar-refractivity contribution in [2.75, 3.05) is 25.5 Å². The summed E-state index contributed by atoms with van der Waals surface area (Å²) in [6, 6.07) is -0.148. The molecule has 2 aromatic rings. The third-order valence-electron chi connectivity index (χ3n) is 6.39. The molecule has 9 nitrogen and oxygen atoms in total. The number of aromatic nitrogens is 3. The SMILES string of the molecule is CNc1nc([C@H]2CCCCN2C(=O)Cc2c(C)noc2C)nc2c1CN(C(C)=O)CC2. The van der Waals surface area contributed by atoms with Crippen LogP contribution in [0.5, 0.6) is 0 Å². The average molecular weight is 427 g/mol. The minimum absolute atomic E-state index is 0.0502. The Labute approximate surface area is 182 Å². The fraction of sp³-hybridized carbons (Fsp3) is 0.591. The fourth-order valence-electron chi connectivity index (χ4n) is 4.56. The monoisotopic (exact) mass is 426 g/mol. The molecule has 9 heteroatoms. The highest BCUT2D eigenvalue weighted by atomic mass is 16.5. The second-order valence-corrected chi connectivity index (χ2v) is 8.37. The number of carbonyl (C=O) groups excluding carboxylic acids is 2. The number of nitrogens with one attached hydrogen (secondary N) is 1. The van der Waals surface area contributed by atoms with E-state index in [1.54, 1.807) is 6.92 Å². The summed E-state index contributed by atoms with van der Waals surface area (Å²) in [5, 5.41) is 7.15. The lowest BCUT2D eigenvalue weighted by Gasteiger charge is -2.36. The van der Waals surface area contributed by atoms with Gasteiger partial charge < -0.3 is 19.6 Å². The van der Waals surface area contributed by atoms with E-state index in [1.165, 1.54) is 0 Å². The van der Waals surface area contributed by atoms with E-state index in [0.717, 1.165) is 47.6 Å². The van der Waals surface area contributed by atoms with Crippen LogP contribution in [0, 0.1) is 13.8 Å². The highest BCUT2D eigenvalue weighted by Gasteiger charge is 2.33. The quantitative estimate of drug-likeness (QED) is 0.800. The Balaban J connectivity index is 1.62. The first-order valence-corrected chi connectivity index (χ1v) is 10.9. The van der Waals surface area contributed by atoms with Gasteiger partial charge in [0, 0.05) is 44.6 Å². The number of nitrogens with zero attached hydrogens (tertiary/aromatic N) is 5. The minimum Gasteiger partial charge on any atom is -0.373 e. The van der Waals surface area contributed by atoms with Crippen LogP contribution in [0.1, 0.15) is 66.3 Å². The summed E-state index contributed by atoms with van der Waals surface area (Å²) in [5.41, 5.74) is 3.56. The summed E-state index contributed by atoms with van der Waals surface area (Å²) < 4.78 is 5.23. The van der Waals surface area contributed by atoms with Crippen LogP contribution in [0.3, 0.4) is 0 Å². The predicted molar refractivity (Wildman–Crippen MR) is 114 cm³/mol. The van der Waals surface area contributed by atoms with Crippen LogP contribution < -0.4 is 5.32 Å². The molecule has 1 atom stereocenters. The van der Waals surface area contributed by atoms with E-state index < -0.39 is 0 Å². The van der Waals surface area contributed by atoms with Crippen molar-refractivity contribution in [3.05, 3.63) is 34.1 Å². The molecule has 1 saturated heterocycles. The van der Waals surface area contributed by atoms with Gasteiger partial charge in [0.25, 0.3) is 0 Å². The number of hydrogen-bond acceptors (Lipinski definition) is 7. The Kier molecular flexibility index (Phi) is 5.93. The van der Waals surface area contributed by atoms with E-state index in [-0.39, 0.29) is 24.3 Å². The number of fused-ring (bicyclic) bond motifs is 1. The topological polar surface area (TPSA) is 104 Å². The van der Waals surface area contributed by atoms with E-state index in [9.17, 15) is 9.59 Å². The summed E-state index contributed by atoms with van der Waals surface area (Å²) in [5.74, 6) is 2.23. The van der Waals surface area contributed by atoms with Crippen LogP contribution in [-0.2, 0) is 29.0 Å². The summed E-state index contributed by atoms with van der Waals surface area (Å²) in [6.07, 6.45) is 3.82. The van der Waals surface area contributed by atoms with Crippen molar-refractivity contribution in [2.45, 2.75) is 65.5 Å². The third-order valence-corrected chi connectivity index (χ3v) is 6.39. The van der Waals surface area contributed by atoms with Crippen molar-refractivity contribution in [2.24, 2.45) is 0 Å². The van der Waals surface area contributed by atoms with Gasteiger partial charge >= 0.3 is 0 Å². The Morgan fingerprint density at radius 2 is 2.00 bits per heavy atom. The standard InChI is InChI=1S/C22H30N6O3/c1-13-16(14(2)31-26-13)11-20(30)28-9-6-5-7-19(28)22-24-18-8-10-27(15(3)29)12-17(18)21(23-4)25-22/h19H,5-12H2,1-4H3,(H,23,24,25)/t19-/m1/s1. The van der Waals surface area contributed by atoms with Crippen LogP contribution >= 0.6 is 0 Å². The maximum absolute atomic E-state index is 13.3.